The van der Waals surface area contributed by atoms with Crippen LogP contribution in [0.5, 0.6) is 0 Å². The Morgan fingerprint density at radius 1 is 0.952 bits per heavy atom. The van der Waals surface area contributed by atoms with Gasteiger partial charge in [-0.1, -0.05) is 68.4 Å². The van der Waals surface area contributed by atoms with E-state index in [1.165, 1.54) is 5.56 Å². The molecule has 1 atom stereocenters. The summed E-state index contributed by atoms with van der Waals surface area (Å²) in [5.41, 5.74) is 3.65. The lowest BCUT2D eigenvalue weighted by Crippen LogP contribution is -2.23. The van der Waals surface area contributed by atoms with Gasteiger partial charge in [-0.25, -0.2) is 0 Å². The fraction of sp³-hybridized carbons (Fsp3) is 0.278. The molecule has 1 aliphatic rings. The fourth-order valence-corrected chi connectivity index (χ4v) is 2.42. The highest BCUT2D eigenvalue weighted by molar-refractivity contribution is 5.80. The number of hydrogen-bond donors (Lipinski definition) is 0. The number of para-hydroxylation sites is 1. The minimum Gasteiger partial charge on any atom is -0.364 e. The van der Waals surface area contributed by atoms with Crippen molar-refractivity contribution in [3.63, 3.8) is 0 Å². The monoisotopic (exact) mass is 280 g/mol. The molecular weight excluding hydrogens is 260 g/mol. The molecule has 2 aromatic rings. The van der Waals surface area contributed by atoms with Gasteiger partial charge < -0.3 is 4.84 Å². The summed E-state index contributed by atoms with van der Waals surface area (Å²) in [6.07, 6.45) is 1.54. The van der Waals surface area contributed by atoms with Crippen LogP contribution in [-0.2, 0) is 10.3 Å². The average molecular weight is 280 g/mol. The molecular formula is C18H20N2O. The lowest BCUT2D eigenvalue weighted by atomic mass is 9.86. The van der Waals surface area contributed by atoms with Gasteiger partial charge in [-0.2, -0.15) is 0 Å². The highest BCUT2D eigenvalue weighted by Crippen LogP contribution is 2.31. The van der Waals surface area contributed by atoms with Crippen LogP contribution in [0, 0.1) is 0 Å². The predicted molar refractivity (Wildman–Crippen MR) is 86.4 cm³/mol. The van der Waals surface area contributed by atoms with Gasteiger partial charge >= 0.3 is 0 Å². The molecule has 1 aliphatic heterocycles. The molecule has 0 spiro atoms. The summed E-state index contributed by atoms with van der Waals surface area (Å²) in [7, 11) is 0. The largest absolute Gasteiger partial charge is 0.364 e. The van der Waals surface area contributed by atoms with Gasteiger partial charge in [0.1, 0.15) is 6.34 Å². The molecule has 3 heteroatoms. The quantitative estimate of drug-likeness (QED) is 0.811. The maximum atomic E-state index is 5.53. The van der Waals surface area contributed by atoms with Crippen molar-refractivity contribution in [1.82, 2.24) is 0 Å². The van der Waals surface area contributed by atoms with E-state index in [2.05, 4.69) is 62.3 Å². The van der Waals surface area contributed by atoms with E-state index < -0.39 is 0 Å². The zero-order valence-corrected chi connectivity index (χ0v) is 12.7. The topological polar surface area (TPSA) is 24.8 Å². The van der Waals surface area contributed by atoms with Gasteiger partial charge in [0, 0.05) is 11.3 Å². The van der Waals surface area contributed by atoms with E-state index in [4.69, 9.17) is 4.84 Å². The predicted octanol–water partition coefficient (Wildman–Crippen LogP) is 4.46. The van der Waals surface area contributed by atoms with Crippen molar-refractivity contribution in [3.05, 3.63) is 65.7 Å². The van der Waals surface area contributed by atoms with Crippen molar-refractivity contribution in [3.8, 4) is 0 Å². The van der Waals surface area contributed by atoms with Gasteiger partial charge in [-0.05, 0) is 23.1 Å². The van der Waals surface area contributed by atoms with Crippen molar-refractivity contribution >= 4 is 12.0 Å². The minimum absolute atomic E-state index is 0.157. The van der Waals surface area contributed by atoms with Crippen molar-refractivity contribution in [2.45, 2.75) is 32.4 Å². The number of anilines is 1. The molecule has 108 valence electrons. The van der Waals surface area contributed by atoms with Crippen LogP contribution in [0.1, 0.15) is 38.1 Å². The van der Waals surface area contributed by atoms with Crippen molar-refractivity contribution in [1.29, 1.82) is 0 Å². The van der Waals surface area contributed by atoms with E-state index in [-0.39, 0.29) is 11.6 Å². The van der Waals surface area contributed by atoms with Crippen LogP contribution in [0.4, 0.5) is 5.69 Å². The first-order chi connectivity index (χ1) is 10.1. The smallest absolute Gasteiger partial charge is 0.231 e. The number of rotatable bonds is 2. The van der Waals surface area contributed by atoms with Crippen molar-refractivity contribution in [2.75, 3.05) is 4.90 Å². The third-order valence-corrected chi connectivity index (χ3v) is 3.70. The molecule has 0 aromatic heterocycles. The van der Waals surface area contributed by atoms with E-state index in [1.54, 1.807) is 6.34 Å². The lowest BCUT2D eigenvalue weighted by Gasteiger charge is -2.24. The van der Waals surface area contributed by atoms with Gasteiger partial charge in [0.25, 0.3) is 0 Å². The van der Waals surface area contributed by atoms with Gasteiger partial charge in [0.2, 0.25) is 6.23 Å². The molecule has 0 amide bonds. The van der Waals surface area contributed by atoms with Crippen LogP contribution in [0.15, 0.2) is 59.8 Å². The van der Waals surface area contributed by atoms with Crippen molar-refractivity contribution < 1.29 is 4.84 Å². The van der Waals surface area contributed by atoms with E-state index in [0.717, 1.165) is 11.3 Å². The van der Waals surface area contributed by atoms with Crippen molar-refractivity contribution in [2.24, 2.45) is 5.16 Å². The first-order valence-corrected chi connectivity index (χ1v) is 7.19. The van der Waals surface area contributed by atoms with Gasteiger partial charge in [0.15, 0.2) is 0 Å². The molecule has 2 aromatic carbocycles. The molecule has 0 aliphatic carbocycles. The Labute approximate surface area is 125 Å². The number of oxime groups is 1. The lowest BCUT2D eigenvalue weighted by molar-refractivity contribution is 0.0868. The second-order valence-corrected chi connectivity index (χ2v) is 6.29. The molecule has 0 fully saturated rings. The Kier molecular flexibility index (Phi) is 3.42. The van der Waals surface area contributed by atoms with E-state index in [0.29, 0.717) is 0 Å². The number of hydrogen-bond acceptors (Lipinski definition) is 3. The zero-order chi connectivity index (χ0) is 14.9. The summed E-state index contributed by atoms with van der Waals surface area (Å²) in [5.74, 6) is 0. The summed E-state index contributed by atoms with van der Waals surface area (Å²) >= 11 is 0. The molecule has 3 rings (SSSR count). The van der Waals surface area contributed by atoms with Gasteiger partial charge in [-0.3, -0.25) is 4.90 Å². The molecule has 21 heavy (non-hydrogen) atoms. The Morgan fingerprint density at radius 3 is 2.24 bits per heavy atom. The maximum Gasteiger partial charge on any atom is 0.231 e. The molecule has 0 saturated heterocycles. The molecule has 0 saturated carbocycles. The Bertz CT molecular complexity index is 627. The van der Waals surface area contributed by atoms with E-state index >= 15 is 0 Å². The van der Waals surface area contributed by atoms with Crippen LogP contribution in [0.3, 0.4) is 0 Å². The minimum atomic E-state index is -0.193. The third-order valence-electron chi connectivity index (χ3n) is 3.70. The molecule has 3 nitrogen and oxygen atoms in total. The summed E-state index contributed by atoms with van der Waals surface area (Å²) in [6.45, 7) is 6.65. The summed E-state index contributed by atoms with van der Waals surface area (Å²) < 4.78 is 0. The van der Waals surface area contributed by atoms with E-state index in [1.807, 2.05) is 23.1 Å². The first kappa shape index (κ1) is 13.7. The average Bonchev–Trinajstić information content (AvgIpc) is 2.97. The van der Waals surface area contributed by atoms with Crippen LogP contribution in [0.2, 0.25) is 0 Å². The highest BCUT2D eigenvalue weighted by atomic mass is 16.7. The van der Waals surface area contributed by atoms with Gasteiger partial charge in [-0.15, -0.1) is 0 Å². The second kappa shape index (κ2) is 5.24. The number of nitrogens with zero attached hydrogens (tertiary/aromatic N) is 2. The summed E-state index contributed by atoms with van der Waals surface area (Å²) in [6, 6.07) is 18.7. The zero-order valence-electron chi connectivity index (χ0n) is 12.7. The molecule has 0 N–H and O–H groups in total. The normalized spacial score (nSPS) is 17.9. The SMILES string of the molecule is CC(C)(C)c1ccc(C2ON=CN2c2ccccc2)cc1. The molecule has 0 radical (unpaired) electrons. The van der Waals surface area contributed by atoms with Crippen LogP contribution in [-0.4, -0.2) is 6.34 Å². The Balaban J connectivity index is 1.87. The molecule has 1 unspecified atom stereocenters. The highest BCUT2D eigenvalue weighted by Gasteiger charge is 2.26. The fourth-order valence-electron chi connectivity index (χ4n) is 2.42. The van der Waals surface area contributed by atoms with Crippen LogP contribution < -0.4 is 4.90 Å². The maximum absolute atomic E-state index is 5.53. The van der Waals surface area contributed by atoms with E-state index in [9.17, 15) is 0 Å². The molecule has 1 heterocycles. The standard InChI is InChI=1S/C18H20N2O/c1-18(2,3)15-11-9-14(10-12-15)17-20(13-19-21-17)16-7-5-4-6-8-16/h4-13,17H,1-3H3. The second-order valence-electron chi connectivity index (χ2n) is 6.29. The van der Waals surface area contributed by atoms with Crippen LogP contribution in [0.25, 0.3) is 0 Å². The Hall–Kier alpha value is -2.29. The third kappa shape index (κ3) is 2.77. The summed E-state index contributed by atoms with van der Waals surface area (Å²) in [4.78, 5) is 7.56. The molecule has 0 bridgehead atoms. The van der Waals surface area contributed by atoms with Crippen LogP contribution >= 0.6 is 0 Å². The number of benzene rings is 2. The van der Waals surface area contributed by atoms with Gasteiger partial charge in [0.05, 0.1) is 0 Å². The first-order valence-electron chi connectivity index (χ1n) is 7.19. The Morgan fingerprint density at radius 2 is 1.62 bits per heavy atom. The summed E-state index contributed by atoms with van der Waals surface area (Å²) in [5, 5.41) is 3.97.